The molecule has 94 valence electrons. The lowest BCUT2D eigenvalue weighted by Crippen LogP contribution is -2.14. The van der Waals surface area contributed by atoms with Crippen LogP contribution in [0.1, 0.15) is 22.7 Å². The first kappa shape index (κ1) is 13.7. The van der Waals surface area contributed by atoms with Crippen molar-refractivity contribution in [2.75, 3.05) is 0 Å². The van der Waals surface area contributed by atoms with Crippen molar-refractivity contribution in [3.8, 4) is 0 Å². The van der Waals surface area contributed by atoms with E-state index in [1.54, 1.807) is 6.20 Å². The molecule has 0 aliphatic carbocycles. The third-order valence-electron chi connectivity index (χ3n) is 2.84. The van der Waals surface area contributed by atoms with Gasteiger partial charge >= 0.3 is 0 Å². The number of hydrogen-bond acceptors (Lipinski definition) is 2. The molecule has 0 saturated heterocycles. The minimum atomic E-state index is -0.0321. The summed E-state index contributed by atoms with van der Waals surface area (Å²) in [7, 11) is 0. The molecule has 2 N–H and O–H groups in total. The predicted molar refractivity (Wildman–Crippen MR) is 81.4 cm³/mol. The molecule has 0 bridgehead atoms. The summed E-state index contributed by atoms with van der Waals surface area (Å²) in [5, 5.41) is 0. The van der Waals surface area contributed by atoms with Gasteiger partial charge in [0.25, 0.3) is 0 Å². The zero-order valence-electron chi connectivity index (χ0n) is 10.0. The van der Waals surface area contributed by atoms with Crippen molar-refractivity contribution in [1.82, 2.24) is 4.98 Å². The van der Waals surface area contributed by atoms with Gasteiger partial charge in [0.15, 0.2) is 0 Å². The summed E-state index contributed by atoms with van der Waals surface area (Å²) in [6, 6.07) is 8.19. The van der Waals surface area contributed by atoms with Crippen molar-refractivity contribution < 1.29 is 0 Å². The van der Waals surface area contributed by atoms with Gasteiger partial charge < -0.3 is 5.73 Å². The number of nitrogens with zero attached hydrogens (tertiary/aromatic N) is 1. The monoisotopic (exact) mass is 368 g/mol. The average molecular weight is 370 g/mol. The molecule has 2 rings (SSSR count). The van der Waals surface area contributed by atoms with Crippen LogP contribution in [0.25, 0.3) is 0 Å². The summed E-state index contributed by atoms with van der Waals surface area (Å²) in [5.74, 6) is 0. The summed E-state index contributed by atoms with van der Waals surface area (Å²) < 4.78 is 2.08. The highest BCUT2D eigenvalue weighted by Crippen LogP contribution is 2.27. The molecule has 1 aromatic heterocycles. The average Bonchev–Trinajstić information content (AvgIpc) is 2.32. The summed E-state index contributed by atoms with van der Waals surface area (Å²) in [6.45, 7) is 2.07. The fourth-order valence-corrected chi connectivity index (χ4v) is 2.86. The molecule has 0 fully saturated rings. The number of rotatable bonds is 3. The van der Waals surface area contributed by atoms with Gasteiger partial charge in [0.2, 0.25) is 0 Å². The molecule has 0 amide bonds. The highest BCUT2D eigenvalue weighted by molar-refractivity contribution is 9.10. The van der Waals surface area contributed by atoms with E-state index in [-0.39, 0.29) is 6.04 Å². The van der Waals surface area contributed by atoms with Crippen LogP contribution in [0.5, 0.6) is 0 Å². The Kier molecular flexibility index (Phi) is 4.54. The Hall–Kier alpha value is -0.710. The Balaban J connectivity index is 2.22. The minimum Gasteiger partial charge on any atom is -0.324 e. The van der Waals surface area contributed by atoms with Crippen LogP contribution in [0.3, 0.4) is 0 Å². The molecule has 2 nitrogen and oxygen atoms in total. The van der Waals surface area contributed by atoms with Gasteiger partial charge in [-0.1, -0.05) is 34.1 Å². The number of pyridine rings is 1. The van der Waals surface area contributed by atoms with Crippen LogP contribution in [0.4, 0.5) is 0 Å². The number of nitrogens with two attached hydrogens (primary N) is 1. The molecule has 1 unspecified atom stereocenters. The first-order chi connectivity index (χ1) is 8.58. The molecule has 0 aliphatic heterocycles. The zero-order chi connectivity index (χ0) is 13.1. The Morgan fingerprint density at radius 3 is 2.78 bits per heavy atom. The van der Waals surface area contributed by atoms with E-state index in [2.05, 4.69) is 62.0 Å². The van der Waals surface area contributed by atoms with E-state index in [1.807, 2.05) is 12.3 Å². The van der Waals surface area contributed by atoms with E-state index < -0.39 is 0 Å². The van der Waals surface area contributed by atoms with Crippen LogP contribution in [-0.2, 0) is 6.42 Å². The van der Waals surface area contributed by atoms with Gasteiger partial charge in [-0.3, -0.25) is 4.98 Å². The highest BCUT2D eigenvalue weighted by Gasteiger charge is 2.12. The number of aryl methyl sites for hydroxylation is 1. The highest BCUT2D eigenvalue weighted by atomic mass is 79.9. The zero-order valence-corrected chi connectivity index (χ0v) is 13.2. The summed E-state index contributed by atoms with van der Waals surface area (Å²) in [4.78, 5) is 4.16. The lowest BCUT2D eigenvalue weighted by Gasteiger charge is -2.15. The fourth-order valence-electron chi connectivity index (χ4n) is 1.89. The first-order valence-electron chi connectivity index (χ1n) is 5.68. The molecule has 4 heteroatoms. The molecule has 1 aromatic carbocycles. The quantitative estimate of drug-likeness (QED) is 0.882. The normalized spacial score (nSPS) is 12.4. The number of halogens is 2. The van der Waals surface area contributed by atoms with Crippen LogP contribution >= 0.6 is 31.9 Å². The first-order valence-corrected chi connectivity index (χ1v) is 7.26. The maximum Gasteiger partial charge on any atom is 0.0410 e. The third kappa shape index (κ3) is 3.19. The second-order valence-electron chi connectivity index (χ2n) is 4.30. The largest absolute Gasteiger partial charge is 0.324 e. The van der Waals surface area contributed by atoms with Gasteiger partial charge in [0.05, 0.1) is 0 Å². The molecule has 0 radical (unpaired) electrons. The molecule has 2 aromatic rings. The van der Waals surface area contributed by atoms with Gasteiger partial charge in [0, 0.05) is 27.4 Å². The van der Waals surface area contributed by atoms with E-state index in [4.69, 9.17) is 5.73 Å². The second kappa shape index (κ2) is 5.95. The lowest BCUT2D eigenvalue weighted by molar-refractivity contribution is 0.715. The summed E-state index contributed by atoms with van der Waals surface area (Å²) in [5.41, 5.74) is 9.74. The Morgan fingerprint density at radius 1 is 1.28 bits per heavy atom. The third-order valence-corrected chi connectivity index (χ3v) is 4.36. The van der Waals surface area contributed by atoms with Gasteiger partial charge in [-0.15, -0.1) is 0 Å². The second-order valence-corrected chi connectivity index (χ2v) is 6.01. The maximum atomic E-state index is 6.27. The minimum absolute atomic E-state index is 0.0321. The van der Waals surface area contributed by atoms with E-state index in [0.717, 1.165) is 26.5 Å². The number of benzene rings is 1. The predicted octanol–water partition coefficient (Wildman–Crippen LogP) is 4.16. The number of hydrogen-bond donors (Lipinski definition) is 1. The van der Waals surface area contributed by atoms with Crippen LogP contribution in [0, 0.1) is 6.92 Å². The molecule has 0 saturated carbocycles. The van der Waals surface area contributed by atoms with Gasteiger partial charge in [0.1, 0.15) is 0 Å². The molecular weight excluding hydrogens is 356 g/mol. The standard InChI is InChI=1S/C14H14Br2N2/c1-9-3-2-4-12(14(9)16)13(17)6-10-5-11(15)8-18-7-10/h2-5,7-8,13H,6,17H2,1H3. The van der Waals surface area contributed by atoms with Crippen LogP contribution in [0.2, 0.25) is 0 Å². The van der Waals surface area contributed by atoms with Crippen molar-refractivity contribution in [1.29, 1.82) is 0 Å². The van der Waals surface area contributed by atoms with Crippen LogP contribution in [-0.4, -0.2) is 4.98 Å². The fraction of sp³-hybridized carbons (Fsp3) is 0.214. The van der Waals surface area contributed by atoms with Crippen molar-refractivity contribution in [3.05, 3.63) is 62.3 Å². The van der Waals surface area contributed by atoms with E-state index in [9.17, 15) is 0 Å². The van der Waals surface area contributed by atoms with Gasteiger partial charge in [-0.05, 0) is 52.0 Å². The van der Waals surface area contributed by atoms with Crippen molar-refractivity contribution in [3.63, 3.8) is 0 Å². The Labute approximate surface area is 124 Å². The maximum absolute atomic E-state index is 6.27. The molecular formula is C14H14Br2N2. The van der Waals surface area contributed by atoms with E-state index in [1.165, 1.54) is 5.56 Å². The topological polar surface area (TPSA) is 38.9 Å². The van der Waals surface area contributed by atoms with E-state index >= 15 is 0 Å². The molecule has 0 spiro atoms. The smallest absolute Gasteiger partial charge is 0.0410 e. The van der Waals surface area contributed by atoms with Gasteiger partial charge in [-0.2, -0.15) is 0 Å². The van der Waals surface area contributed by atoms with Gasteiger partial charge in [-0.25, -0.2) is 0 Å². The molecule has 1 heterocycles. The number of aromatic nitrogens is 1. The van der Waals surface area contributed by atoms with Crippen LogP contribution in [0.15, 0.2) is 45.6 Å². The summed E-state index contributed by atoms with van der Waals surface area (Å²) >= 11 is 7.03. The van der Waals surface area contributed by atoms with E-state index in [0.29, 0.717) is 0 Å². The van der Waals surface area contributed by atoms with Crippen molar-refractivity contribution in [2.45, 2.75) is 19.4 Å². The van der Waals surface area contributed by atoms with Crippen molar-refractivity contribution in [2.24, 2.45) is 5.73 Å². The molecule has 1 atom stereocenters. The Bertz CT molecular complexity index is 555. The molecule has 18 heavy (non-hydrogen) atoms. The SMILES string of the molecule is Cc1cccc(C(N)Cc2cncc(Br)c2)c1Br. The summed E-state index contributed by atoms with van der Waals surface area (Å²) in [6.07, 6.45) is 4.40. The lowest BCUT2D eigenvalue weighted by atomic mass is 9.99. The van der Waals surface area contributed by atoms with Crippen molar-refractivity contribution >= 4 is 31.9 Å². The van der Waals surface area contributed by atoms with Crippen LogP contribution < -0.4 is 5.73 Å². The Morgan fingerprint density at radius 2 is 2.06 bits per heavy atom. The molecule has 0 aliphatic rings.